The average Bonchev–Trinajstić information content (AvgIpc) is 2.88. The number of aryl methyl sites for hydroxylation is 1. The number of nitrogens with two attached hydrogens (primary N) is 1. The Hall–Kier alpha value is -1.62. The van der Waals surface area contributed by atoms with E-state index in [1.807, 2.05) is 17.8 Å². The summed E-state index contributed by atoms with van der Waals surface area (Å²) in [7, 11) is 0. The van der Waals surface area contributed by atoms with Crippen LogP contribution in [0.2, 0.25) is 0 Å². The minimum absolute atomic E-state index is 0.144. The van der Waals surface area contributed by atoms with Gasteiger partial charge in [-0.05, 0) is 6.92 Å². The van der Waals surface area contributed by atoms with E-state index in [1.54, 1.807) is 18.6 Å². The first-order chi connectivity index (χ1) is 6.81. The SMILES string of the molecule is CCn1cc(C(N)c2cn[nH]c2)cn1. The fraction of sp³-hybridized carbons (Fsp3) is 0.333. The number of hydrogen-bond donors (Lipinski definition) is 2. The van der Waals surface area contributed by atoms with E-state index >= 15 is 0 Å². The summed E-state index contributed by atoms with van der Waals surface area (Å²) >= 11 is 0. The van der Waals surface area contributed by atoms with Crippen LogP contribution in [0.4, 0.5) is 0 Å². The lowest BCUT2D eigenvalue weighted by atomic mass is 10.1. The standard InChI is InChI=1S/C9H13N5/c1-2-14-6-8(5-13-14)9(10)7-3-11-12-4-7/h3-6,9H,2,10H2,1H3,(H,11,12). The van der Waals surface area contributed by atoms with Crippen LogP contribution in [-0.4, -0.2) is 20.0 Å². The Morgan fingerprint density at radius 2 is 2.36 bits per heavy atom. The highest BCUT2D eigenvalue weighted by molar-refractivity contribution is 5.24. The monoisotopic (exact) mass is 191 g/mol. The van der Waals surface area contributed by atoms with E-state index in [0.29, 0.717) is 0 Å². The second-order valence-corrected chi connectivity index (χ2v) is 3.14. The molecular weight excluding hydrogens is 178 g/mol. The number of rotatable bonds is 3. The van der Waals surface area contributed by atoms with E-state index in [4.69, 9.17) is 5.73 Å². The lowest BCUT2D eigenvalue weighted by molar-refractivity contribution is 0.658. The topological polar surface area (TPSA) is 72.5 Å². The first-order valence-corrected chi connectivity index (χ1v) is 4.58. The lowest BCUT2D eigenvalue weighted by Gasteiger charge is -2.04. The van der Waals surface area contributed by atoms with Crippen LogP contribution in [0.15, 0.2) is 24.8 Å². The van der Waals surface area contributed by atoms with Gasteiger partial charge in [0.05, 0.1) is 18.4 Å². The smallest absolute Gasteiger partial charge is 0.0613 e. The first-order valence-electron chi connectivity index (χ1n) is 4.58. The molecule has 1 unspecified atom stereocenters. The van der Waals surface area contributed by atoms with Gasteiger partial charge in [0.15, 0.2) is 0 Å². The normalized spacial score (nSPS) is 13.0. The molecule has 1 atom stereocenters. The van der Waals surface area contributed by atoms with Crippen LogP contribution in [0.25, 0.3) is 0 Å². The molecule has 0 aliphatic carbocycles. The summed E-state index contributed by atoms with van der Waals surface area (Å²) in [4.78, 5) is 0. The third kappa shape index (κ3) is 1.54. The molecule has 2 aromatic rings. The quantitative estimate of drug-likeness (QED) is 0.749. The highest BCUT2D eigenvalue weighted by Gasteiger charge is 2.11. The Bertz CT molecular complexity index is 389. The van der Waals surface area contributed by atoms with Crippen molar-refractivity contribution in [3.8, 4) is 0 Å². The zero-order chi connectivity index (χ0) is 9.97. The summed E-state index contributed by atoms with van der Waals surface area (Å²) in [5, 5.41) is 10.8. The summed E-state index contributed by atoms with van der Waals surface area (Å²) in [6.07, 6.45) is 7.28. The molecule has 2 rings (SSSR count). The van der Waals surface area contributed by atoms with Gasteiger partial charge in [-0.1, -0.05) is 0 Å². The third-order valence-electron chi connectivity index (χ3n) is 2.21. The van der Waals surface area contributed by atoms with Crippen molar-refractivity contribution in [2.75, 3.05) is 0 Å². The van der Waals surface area contributed by atoms with E-state index in [2.05, 4.69) is 15.3 Å². The van der Waals surface area contributed by atoms with Gasteiger partial charge in [0.1, 0.15) is 0 Å². The molecule has 0 amide bonds. The molecule has 5 heteroatoms. The van der Waals surface area contributed by atoms with Crippen LogP contribution in [0.3, 0.4) is 0 Å². The summed E-state index contributed by atoms with van der Waals surface area (Å²) in [6, 6.07) is -0.144. The predicted molar refractivity (Wildman–Crippen MR) is 52.5 cm³/mol. The minimum Gasteiger partial charge on any atom is -0.320 e. The molecule has 74 valence electrons. The molecule has 0 saturated heterocycles. The van der Waals surface area contributed by atoms with Crippen molar-refractivity contribution in [2.24, 2.45) is 5.73 Å². The Kier molecular flexibility index (Phi) is 2.32. The van der Waals surface area contributed by atoms with Crippen LogP contribution in [0.1, 0.15) is 24.1 Å². The molecule has 5 nitrogen and oxygen atoms in total. The van der Waals surface area contributed by atoms with E-state index in [9.17, 15) is 0 Å². The van der Waals surface area contributed by atoms with E-state index in [-0.39, 0.29) is 6.04 Å². The number of hydrogen-bond acceptors (Lipinski definition) is 3. The molecule has 2 aromatic heterocycles. The molecule has 0 fully saturated rings. The van der Waals surface area contributed by atoms with Gasteiger partial charge in [-0.25, -0.2) is 0 Å². The molecule has 3 N–H and O–H groups in total. The van der Waals surface area contributed by atoms with Crippen molar-refractivity contribution < 1.29 is 0 Å². The summed E-state index contributed by atoms with van der Waals surface area (Å²) in [5.74, 6) is 0. The molecule has 2 heterocycles. The summed E-state index contributed by atoms with van der Waals surface area (Å²) in [5.41, 5.74) is 8.00. The second kappa shape index (κ2) is 3.63. The van der Waals surface area contributed by atoms with Gasteiger partial charge in [0, 0.05) is 30.1 Å². The van der Waals surface area contributed by atoms with Gasteiger partial charge in [0.2, 0.25) is 0 Å². The van der Waals surface area contributed by atoms with Crippen LogP contribution < -0.4 is 5.73 Å². The highest BCUT2D eigenvalue weighted by atomic mass is 15.3. The van der Waals surface area contributed by atoms with Crippen molar-refractivity contribution in [1.29, 1.82) is 0 Å². The molecule has 14 heavy (non-hydrogen) atoms. The number of aromatic amines is 1. The number of aromatic nitrogens is 4. The van der Waals surface area contributed by atoms with Crippen molar-refractivity contribution in [3.05, 3.63) is 35.9 Å². The van der Waals surface area contributed by atoms with Crippen molar-refractivity contribution >= 4 is 0 Å². The maximum Gasteiger partial charge on any atom is 0.0613 e. The predicted octanol–water partition coefficient (Wildman–Crippen LogP) is 0.674. The summed E-state index contributed by atoms with van der Waals surface area (Å²) in [6.45, 7) is 2.90. The fourth-order valence-corrected chi connectivity index (χ4v) is 1.34. The summed E-state index contributed by atoms with van der Waals surface area (Å²) < 4.78 is 1.86. The Labute approximate surface area is 81.9 Å². The van der Waals surface area contributed by atoms with Gasteiger partial charge in [-0.2, -0.15) is 10.2 Å². The van der Waals surface area contributed by atoms with E-state index in [0.717, 1.165) is 17.7 Å². The average molecular weight is 191 g/mol. The maximum atomic E-state index is 6.02. The number of H-pyrrole nitrogens is 1. The third-order valence-corrected chi connectivity index (χ3v) is 2.21. The van der Waals surface area contributed by atoms with Gasteiger partial charge < -0.3 is 5.73 Å². The Morgan fingerprint density at radius 3 is 2.93 bits per heavy atom. The maximum absolute atomic E-state index is 6.02. The van der Waals surface area contributed by atoms with Crippen LogP contribution in [-0.2, 0) is 6.54 Å². The molecule has 0 bridgehead atoms. The van der Waals surface area contributed by atoms with Gasteiger partial charge in [0.25, 0.3) is 0 Å². The molecular formula is C9H13N5. The van der Waals surface area contributed by atoms with E-state index in [1.165, 1.54) is 0 Å². The van der Waals surface area contributed by atoms with E-state index < -0.39 is 0 Å². The van der Waals surface area contributed by atoms with Crippen molar-refractivity contribution in [2.45, 2.75) is 19.5 Å². The van der Waals surface area contributed by atoms with Crippen molar-refractivity contribution in [3.63, 3.8) is 0 Å². The molecule has 0 radical (unpaired) electrons. The molecule has 0 aliphatic heterocycles. The van der Waals surface area contributed by atoms with Crippen molar-refractivity contribution in [1.82, 2.24) is 20.0 Å². The second-order valence-electron chi connectivity index (χ2n) is 3.14. The minimum atomic E-state index is -0.144. The highest BCUT2D eigenvalue weighted by Crippen LogP contribution is 2.16. The molecule has 0 aliphatic rings. The zero-order valence-corrected chi connectivity index (χ0v) is 8.01. The van der Waals surface area contributed by atoms with Crippen LogP contribution in [0, 0.1) is 0 Å². The van der Waals surface area contributed by atoms with Gasteiger partial charge in [-0.3, -0.25) is 9.78 Å². The molecule has 0 aromatic carbocycles. The first kappa shape index (κ1) is 8.96. The lowest BCUT2D eigenvalue weighted by Crippen LogP contribution is -2.10. The number of nitrogens with zero attached hydrogens (tertiary/aromatic N) is 3. The van der Waals surface area contributed by atoms with Gasteiger partial charge >= 0.3 is 0 Å². The van der Waals surface area contributed by atoms with Crippen LogP contribution >= 0.6 is 0 Å². The zero-order valence-electron chi connectivity index (χ0n) is 8.01. The molecule has 0 spiro atoms. The number of nitrogens with one attached hydrogen (secondary N) is 1. The molecule has 0 saturated carbocycles. The largest absolute Gasteiger partial charge is 0.320 e. The Balaban J connectivity index is 2.23. The van der Waals surface area contributed by atoms with Crippen LogP contribution in [0.5, 0.6) is 0 Å². The van der Waals surface area contributed by atoms with Gasteiger partial charge in [-0.15, -0.1) is 0 Å². The Morgan fingerprint density at radius 1 is 1.50 bits per heavy atom. The fourth-order valence-electron chi connectivity index (χ4n) is 1.34.